The van der Waals surface area contributed by atoms with Gasteiger partial charge >= 0.3 is 5.97 Å². The lowest BCUT2D eigenvalue weighted by Gasteiger charge is -2.27. The number of sulfone groups is 1. The molecule has 110 valence electrons. The van der Waals surface area contributed by atoms with Crippen molar-refractivity contribution in [3.05, 3.63) is 29.3 Å². The van der Waals surface area contributed by atoms with Gasteiger partial charge in [-0.1, -0.05) is 43.0 Å². The number of rotatable bonds is 4. The Morgan fingerprint density at radius 2 is 1.80 bits per heavy atom. The van der Waals surface area contributed by atoms with E-state index in [1.54, 1.807) is 12.1 Å². The Kier molecular flexibility index (Phi) is 4.70. The normalized spacial score (nSPS) is 18.6. The van der Waals surface area contributed by atoms with E-state index in [-0.39, 0.29) is 15.8 Å². The molecule has 1 saturated carbocycles. The van der Waals surface area contributed by atoms with Gasteiger partial charge < -0.3 is 5.11 Å². The molecular formula is C14H17ClO4S. The quantitative estimate of drug-likeness (QED) is 0.926. The average Bonchev–Trinajstić information content (AvgIpc) is 2.39. The van der Waals surface area contributed by atoms with E-state index in [1.807, 2.05) is 0 Å². The first kappa shape index (κ1) is 15.3. The van der Waals surface area contributed by atoms with Gasteiger partial charge in [-0.05, 0) is 30.9 Å². The zero-order chi connectivity index (χ0) is 14.8. The highest BCUT2D eigenvalue weighted by Gasteiger charge is 2.41. The van der Waals surface area contributed by atoms with Crippen LogP contribution in [0.2, 0.25) is 5.02 Å². The van der Waals surface area contributed by atoms with Gasteiger partial charge in [-0.15, -0.1) is 0 Å². The molecule has 0 spiro atoms. The van der Waals surface area contributed by atoms with E-state index in [2.05, 4.69) is 0 Å². The molecule has 2 rings (SSSR count). The van der Waals surface area contributed by atoms with Gasteiger partial charge in [0.25, 0.3) is 0 Å². The molecule has 0 radical (unpaired) electrons. The molecule has 1 aromatic rings. The zero-order valence-corrected chi connectivity index (χ0v) is 12.5. The lowest BCUT2D eigenvalue weighted by atomic mass is 9.87. The second-order valence-corrected chi connectivity index (χ2v) is 7.58. The standard InChI is InChI=1S/C14H17ClO4S/c15-11-8-4-5-9-12(11)20(18,19)13(14(16)17)10-6-2-1-3-7-10/h4-5,8-10,13H,1-3,6-7H2,(H,16,17). The van der Waals surface area contributed by atoms with E-state index in [4.69, 9.17) is 11.6 Å². The Bertz CT molecular complexity index is 591. The van der Waals surface area contributed by atoms with E-state index >= 15 is 0 Å². The summed E-state index contributed by atoms with van der Waals surface area (Å²) >= 11 is 5.92. The summed E-state index contributed by atoms with van der Waals surface area (Å²) < 4.78 is 25.3. The molecule has 4 nitrogen and oxygen atoms in total. The van der Waals surface area contributed by atoms with Gasteiger partial charge in [0.1, 0.15) is 0 Å². The molecule has 1 aromatic carbocycles. The summed E-state index contributed by atoms with van der Waals surface area (Å²) in [7, 11) is -3.96. The first-order valence-corrected chi connectivity index (χ1v) is 8.58. The molecule has 1 N–H and O–H groups in total. The third-order valence-corrected chi connectivity index (χ3v) is 6.46. The molecule has 0 amide bonds. The highest BCUT2D eigenvalue weighted by Crippen LogP contribution is 2.34. The van der Waals surface area contributed by atoms with Gasteiger partial charge in [0.2, 0.25) is 0 Å². The van der Waals surface area contributed by atoms with E-state index in [0.29, 0.717) is 12.8 Å². The van der Waals surface area contributed by atoms with Crippen molar-refractivity contribution in [2.75, 3.05) is 0 Å². The second kappa shape index (κ2) is 6.14. The Morgan fingerprint density at radius 1 is 1.20 bits per heavy atom. The number of hydrogen-bond donors (Lipinski definition) is 1. The van der Waals surface area contributed by atoms with Gasteiger partial charge in [-0.3, -0.25) is 4.79 Å². The summed E-state index contributed by atoms with van der Waals surface area (Å²) in [6, 6.07) is 6.01. The molecule has 1 atom stereocenters. The predicted octanol–water partition coefficient (Wildman–Crippen LogP) is 3.15. The molecular weight excluding hydrogens is 300 g/mol. The maximum Gasteiger partial charge on any atom is 0.322 e. The third kappa shape index (κ3) is 2.99. The van der Waals surface area contributed by atoms with Gasteiger partial charge in [-0.25, -0.2) is 8.42 Å². The van der Waals surface area contributed by atoms with Crippen LogP contribution in [0.3, 0.4) is 0 Å². The van der Waals surface area contributed by atoms with Crippen molar-refractivity contribution in [3.8, 4) is 0 Å². The van der Waals surface area contributed by atoms with Gasteiger partial charge in [0.15, 0.2) is 15.1 Å². The Balaban J connectivity index is 2.42. The van der Waals surface area contributed by atoms with Gasteiger partial charge in [0.05, 0.1) is 9.92 Å². The number of carboxylic acid groups (broad SMARTS) is 1. The largest absolute Gasteiger partial charge is 0.480 e. The van der Waals surface area contributed by atoms with Gasteiger partial charge in [-0.2, -0.15) is 0 Å². The maximum atomic E-state index is 12.6. The van der Waals surface area contributed by atoms with E-state index in [0.717, 1.165) is 19.3 Å². The van der Waals surface area contributed by atoms with Crippen molar-refractivity contribution in [1.82, 2.24) is 0 Å². The van der Waals surface area contributed by atoms with Crippen LogP contribution in [-0.2, 0) is 14.6 Å². The molecule has 1 aliphatic rings. The monoisotopic (exact) mass is 316 g/mol. The lowest BCUT2D eigenvalue weighted by Crippen LogP contribution is -2.38. The first-order chi connectivity index (χ1) is 9.44. The number of hydrogen-bond acceptors (Lipinski definition) is 3. The van der Waals surface area contributed by atoms with Gasteiger partial charge in [0, 0.05) is 0 Å². The third-order valence-electron chi connectivity index (χ3n) is 3.80. The van der Waals surface area contributed by atoms with Crippen LogP contribution in [0.25, 0.3) is 0 Å². The zero-order valence-electron chi connectivity index (χ0n) is 11.0. The highest BCUT2D eigenvalue weighted by molar-refractivity contribution is 7.93. The van der Waals surface area contributed by atoms with Crippen LogP contribution in [0.5, 0.6) is 0 Å². The molecule has 0 saturated heterocycles. The molecule has 6 heteroatoms. The summed E-state index contributed by atoms with van der Waals surface area (Å²) in [5.74, 6) is -1.61. The van der Waals surface area contributed by atoms with Crippen molar-refractivity contribution in [2.24, 2.45) is 5.92 Å². The molecule has 20 heavy (non-hydrogen) atoms. The summed E-state index contributed by atoms with van der Waals surface area (Å²) in [6.45, 7) is 0. The van der Waals surface area contributed by atoms with E-state index < -0.39 is 21.1 Å². The number of aliphatic carboxylic acids is 1. The smallest absolute Gasteiger partial charge is 0.322 e. The fraction of sp³-hybridized carbons (Fsp3) is 0.500. The second-order valence-electron chi connectivity index (χ2n) is 5.13. The predicted molar refractivity (Wildman–Crippen MR) is 76.6 cm³/mol. The Morgan fingerprint density at radius 3 is 2.35 bits per heavy atom. The van der Waals surface area contributed by atoms with Crippen LogP contribution >= 0.6 is 11.6 Å². The number of carboxylic acids is 1. The molecule has 1 aliphatic carbocycles. The van der Waals surface area contributed by atoms with Crippen LogP contribution in [0, 0.1) is 5.92 Å². The highest BCUT2D eigenvalue weighted by atomic mass is 35.5. The minimum Gasteiger partial charge on any atom is -0.480 e. The summed E-state index contributed by atoms with van der Waals surface area (Å²) in [4.78, 5) is 11.4. The molecule has 1 unspecified atom stereocenters. The maximum absolute atomic E-state index is 12.6. The first-order valence-electron chi connectivity index (χ1n) is 6.66. The summed E-state index contributed by atoms with van der Waals surface area (Å²) in [5, 5.41) is 8.07. The SMILES string of the molecule is O=C(O)C(C1CCCCC1)S(=O)(=O)c1ccccc1Cl. The Hall–Kier alpha value is -1.07. The van der Waals surface area contributed by atoms with Crippen LogP contribution in [0.1, 0.15) is 32.1 Å². The van der Waals surface area contributed by atoms with Crippen molar-refractivity contribution in [2.45, 2.75) is 42.2 Å². The number of benzene rings is 1. The summed E-state index contributed by atoms with van der Waals surface area (Å²) in [6.07, 6.45) is 4.08. The van der Waals surface area contributed by atoms with E-state index in [1.165, 1.54) is 12.1 Å². The van der Waals surface area contributed by atoms with Crippen LogP contribution in [-0.4, -0.2) is 24.7 Å². The average molecular weight is 317 g/mol. The summed E-state index contributed by atoms with van der Waals surface area (Å²) in [5.41, 5.74) is 0. The van der Waals surface area contributed by atoms with Crippen molar-refractivity contribution in [1.29, 1.82) is 0 Å². The van der Waals surface area contributed by atoms with E-state index in [9.17, 15) is 18.3 Å². The number of halogens is 1. The fourth-order valence-electron chi connectivity index (χ4n) is 2.84. The lowest BCUT2D eigenvalue weighted by molar-refractivity contribution is -0.137. The molecule has 0 aliphatic heterocycles. The molecule has 0 aromatic heterocycles. The van der Waals surface area contributed by atoms with Crippen LogP contribution in [0.4, 0.5) is 0 Å². The number of carbonyl (C=O) groups is 1. The van der Waals surface area contributed by atoms with Crippen molar-refractivity contribution < 1.29 is 18.3 Å². The Labute approximate surface area is 123 Å². The topological polar surface area (TPSA) is 71.4 Å². The van der Waals surface area contributed by atoms with Crippen LogP contribution < -0.4 is 0 Å². The molecule has 0 bridgehead atoms. The minimum absolute atomic E-state index is 0.0783. The molecule has 0 heterocycles. The van der Waals surface area contributed by atoms with Crippen molar-refractivity contribution in [3.63, 3.8) is 0 Å². The minimum atomic E-state index is -3.96. The van der Waals surface area contributed by atoms with Crippen LogP contribution in [0.15, 0.2) is 29.2 Å². The van der Waals surface area contributed by atoms with Crippen molar-refractivity contribution >= 4 is 27.4 Å². The fourth-order valence-corrected chi connectivity index (χ4v) is 5.22. The molecule has 1 fully saturated rings.